The number of rotatable bonds is 10. The molecule has 30 heavy (non-hydrogen) atoms. The molecule has 0 aromatic heterocycles. The second kappa shape index (κ2) is 10.4. The van der Waals surface area contributed by atoms with E-state index in [0.717, 1.165) is 4.90 Å². The van der Waals surface area contributed by atoms with E-state index < -0.39 is 28.9 Å². The second-order valence-corrected chi connectivity index (χ2v) is 8.13. The molecule has 0 fully saturated rings. The minimum atomic E-state index is -4.01. The first kappa shape index (κ1) is 23.6. The number of alkyl halides is 2. The number of benzene rings is 2. The summed E-state index contributed by atoms with van der Waals surface area (Å²) in [6, 6.07) is 10.3. The van der Waals surface area contributed by atoms with Gasteiger partial charge in [0.2, 0.25) is 0 Å². The maximum absolute atomic E-state index is 12.9. The van der Waals surface area contributed by atoms with Crippen LogP contribution >= 0.6 is 0 Å². The van der Waals surface area contributed by atoms with Gasteiger partial charge in [-0.1, -0.05) is 6.07 Å². The van der Waals surface area contributed by atoms with Gasteiger partial charge < -0.3 is 14.4 Å². The molecular weight excluding hydrogens is 418 g/mol. The summed E-state index contributed by atoms with van der Waals surface area (Å²) in [4.78, 5) is 13.6. The van der Waals surface area contributed by atoms with Crippen molar-refractivity contribution in [2.75, 3.05) is 38.6 Å². The third-order valence-corrected chi connectivity index (χ3v) is 5.68. The van der Waals surface area contributed by atoms with Crippen LogP contribution in [-0.2, 0) is 14.8 Å². The summed E-state index contributed by atoms with van der Waals surface area (Å²) in [6.45, 7) is 0.870. The lowest BCUT2D eigenvalue weighted by molar-refractivity contribution is 0.0477. The van der Waals surface area contributed by atoms with Gasteiger partial charge in [0.15, 0.2) is 0 Å². The summed E-state index contributed by atoms with van der Waals surface area (Å²) >= 11 is 0. The van der Waals surface area contributed by atoms with E-state index >= 15 is 0 Å². The molecule has 164 valence electrons. The van der Waals surface area contributed by atoms with Crippen molar-refractivity contribution in [2.24, 2.45) is 0 Å². The Morgan fingerprint density at radius 2 is 1.80 bits per heavy atom. The van der Waals surface area contributed by atoms with Crippen LogP contribution in [0.15, 0.2) is 47.4 Å². The third-order valence-electron chi connectivity index (χ3n) is 4.30. The molecule has 2 aromatic rings. The second-order valence-electron chi connectivity index (χ2n) is 6.45. The Labute approximate surface area is 174 Å². The molecule has 0 radical (unpaired) electrons. The molecule has 0 unspecified atom stereocenters. The van der Waals surface area contributed by atoms with Gasteiger partial charge in [0.1, 0.15) is 5.75 Å². The number of anilines is 1. The van der Waals surface area contributed by atoms with Crippen LogP contribution < -0.4 is 9.46 Å². The largest absolute Gasteiger partial charge is 0.497 e. The summed E-state index contributed by atoms with van der Waals surface area (Å²) in [7, 11) is -1.11. The van der Waals surface area contributed by atoms with Gasteiger partial charge in [0.25, 0.3) is 22.4 Å². The number of hydrogen-bond donors (Lipinski definition) is 1. The van der Waals surface area contributed by atoms with Crippen molar-refractivity contribution in [1.82, 2.24) is 4.90 Å². The molecule has 0 aliphatic carbocycles. The first-order valence-electron chi connectivity index (χ1n) is 9.02. The lowest BCUT2D eigenvalue weighted by Gasteiger charge is -2.23. The Balaban J connectivity index is 2.32. The van der Waals surface area contributed by atoms with Crippen molar-refractivity contribution >= 4 is 21.6 Å². The molecule has 0 heterocycles. The van der Waals surface area contributed by atoms with Crippen LogP contribution in [-0.4, -0.2) is 59.6 Å². The number of hydrogen-bond acceptors (Lipinski definition) is 5. The van der Waals surface area contributed by atoms with E-state index in [-0.39, 0.29) is 23.6 Å². The highest BCUT2D eigenvalue weighted by atomic mass is 32.2. The van der Waals surface area contributed by atoms with Crippen LogP contribution in [0.5, 0.6) is 5.75 Å². The highest BCUT2D eigenvalue weighted by Gasteiger charge is 2.23. The third kappa shape index (κ3) is 6.14. The maximum Gasteiger partial charge on any atom is 0.261 e. The van der Waals surface area contributed by atoms with Gasteiger partial charge in [-0.25, -0.2) is 17.2 Å². The van der Waals surface area contributed by atoms with Gasteiger partial charge >= 0.3 is 0 Å². The zero-order chi connectivity index (χ0) is 22.3. The minimum Gasteiger partial charge on any atom is -0.497 e. The molecule has 0 spiro atoms. The lowest BCUT2D eigenvalue weighted by Crippen LogP contribution is -2.38. The predicted octanol–water partition coefficient (Wildman–Crippen LogP) is 3.16. The van der Waals surface area contributed by atoms with Gasteiger partial charge in [0.05, 0.1) is 25.2 Å². The standard InChI is InChI=1S/C20H24F2N2O5S/c1-14-4-9-17(30(26,27)23-15-5-7-16(29-3)8-6-15)12-18(14)20(25)24(10-11-28-2)13-19(21)22/h4-9,12,19,23H,10-11,13H2,1-3H3. The van der Waals surface area contributed by atoms with Crippen LogP contribution in [0.1, 0.15) is 15.9 Å². The summed E-state index contributed by atoms with van der Waals surface area (Å²) in [5.74, 6) is -0.123. The van der Waals surface area contributed by atoms with E-state index in [1.807, 2.05) is 0 Å². The lowest BCUT2D eigenvalue weighted by atomic mass is 10.1. The zero-order valence-corrected chi connectivity index (χ0v) is 17.7. The van der Waals surface area contributed by atoms with Crippen LogP contribution in [0.25, 0.3) is 0 Å². The van der Waals surface area contributed by atoms with Gasteiger partial charge in [-0.2, -0.15) is 0 Å². The summed E-state index contributed by atoms with van der Waals surface area (Å²) in [6.07, 6.45) is -2.73. The van der Waals surface area contributed by atoms with Crippen molar-refractivity contribution in [3.05, 3.63) is 53.6 Å². The number of amides is 1. The summed E-state index contributed by atoms with van der Waals surface area (Å²) in [5.41, 5.74) is 0.813. The fraction of sp³-hybridized carbons (Fsp3) is 0.350. The molecule has 0 saturated carbocycles. The SMILES string of the molecule is COCCN(CC(F)F)C(=O)c1cc(S(=O)(=O)Nc2ccc(OC)cc2)ccc1C. The molecule has 0 atom stereocenters. The topological polar surface area (TPSA) is 84.9 Å². The molecule has 7 nitrogen and oxygen atoms in total. The Morgan fingerprint density at radius 1 is 1.13 bits per heavy atom. The Kier molecular flexibility index (Phi) is 8.13. The summed E-state index contributed by atoms with van der Waals surface area (Å²) in [5, 5.41) is 0. The number of carbonyl (C=O) groups is 1. The van der Waals surface area contributed by atoms with Crippen LogP contribution in [0.2, 0.25) is 0 Å². The highest BCUT2D eigenvalue weighted by molar-refractivity contribution is 7.92. The number of methoxy groups -OCH3 is 2. The highest BCUT2D eigenvalue weighted by Crippen LogP contribution is 2.22. The molecular formula is C20H24F2N2O5S. The fourth-order valence-electron chi connectivity index (χ4n) is 2.69. The van der Waals surface area contributed by atoms with E-state index in [9.17, 15) is 22.0 Å². The molecule has 1 amide bonds. The van der Waals surface area contributed by atoms with E-state index in [2.05, 4.69) is 4.72 Å². The quantitative estimate of drug-likeness (QED) is 0.611. The van der Waals surface area contributed by atoms with E-state index in [0.29, 0.717) is 17.0 Å². The minimum absolute atomic E-state index is 0.0318. The average Bonchev–Trinajstić information content (AvgIpc) is 2.70. The first-order chi connectivity index (χ1) is 14.2. The normalized spacial score (nSPS) is 11.4. The number of sulfonamides is 1. The van der Waals surface area contributed by atoms with Crippen molar-refractivity contribution in [2.45, 2.75) is 18.2 Å². The van der Waals surface area contributed by atoms with Crippen molar-refractivity contribution in [1.29, 1.82) is 0 Å². The Morgan fingerprint density at radius 3 is 2.37 bits per heavy atom. The molecule has 2 aromatic carbocycles. The van der Waals surface area contributed by atoms with Gasteiger partial charge in [-0.3, -0.25) is 9.52 Å². The van der Waals surface area contributed by atoms with E-state index in [4.69, 9.17) is 9.47 Å². The van der Waals surface area contributed by atoms with Crippen LogP contribution in [0, 0.1) is 6.92 Å². The van der Waals surface area contributed by atoms with Gasteiger partial charge in [0, 0.05) is 24.9 Å². The predicted molar refractivity (Wildman–Crippen MR) is 109 cm³/mol. The Hall–Kier alpha value is -2.72. The maximum atomic E-state index is 12.9. The monoisotopic (exact) mass is 442 g/mol. The number of nitrogens with one attached hydrogen (secondary N) is 1. The first-order valence-corrected chi connectivity index (χ1v) is 10.5. The number of carbonyl (C=O) groups excluding carboxylic acids is 1. The molecule has 0 aliphatic heterocycles. The van der Waals surface area contributed by atoms with Crippen molar-refractivity contribution in [3.63, 3.8) is 0 Å². The van der Waals surface area contributed by atoms with Crippen LogP contribution in [0.3, 0.4) is 0 Å². The van der Waals surface area contributed by atoms with E-state index in [1.165, 1.54) is 44.6 Å². The van der Waals surface area contributed by atoms with Crippen molar-refractivity contribution in [3.8, 4) is 5.75 Å². The smallest absolute Gasteiger partial charge is 0.261 e. The molecule has 10 heteroatoms. The zero-order valence-electron chi connectivity index (χ0n) is 16.9. The number of ether oxygens (including phenoxy) is 2. The molecule has 1 N–H and O–H groups in total. The fourth-order valence-corrected chi connectivity index (χ4v) is 3.77. The Bertz CT molecular complexity index is 966. The van der Waals surface area contributed by atoms with Gasteiger partial charge in [-0.15, -0.1) is 0 Å². The number of halogens is 2. The molecule has 0 saturated heterocycles. The van der Waals surface area contributed by atoms with Crippen LogP contribution in [0.4, 0.5) is 14.5 Å². The van der Waals surface area contributed by atoms with Gasteiger partial charge in [-0.05, 0) is 48.9 Å². The summed E-state index contributed by atoms with van der Waals surface area (Å²) < 4.78 is 63.6. The number of aryl methyl sites for hydroxylation is 1. The number of nitrogens with zero attached hydrogens (tertiary/aromatic N) is 1. The molecule has 0 aliphatic rings. The molecule has 2 rings (SSSR count). The average molecular weight is 442 g/mol. The van der Waals surface area contributed by atoms with Crippen molar-refractivity contribution < 1.29 is 31.5 Å². The van der Waals surface area contributed by atoms with E-state index in [1.54, 1.807) is 19.1 Å². The molecule has 0 bridgehead atoms.